The summed E-state index contributed by atoms with van der Waals surface area (Å²) in [4.78, 5) is 11.7. The summed E-state index contributed by atoms with van der Waals surface area (Å²) in [7, 11) is 1.87. The van der Waals surface area contributed by atoms with Crippen LogP contribution in [0.3, 0.4) is 0 Å². The molecule has 0 spiro atoms. The lowest BCUT2D eigenvalue weighted by Crippen LogP contribution is -2.34. The number of carbonyl (C=O) groups is 1. The smallest absolute Gasteiger partial charge is 0.238 e. The summed E-state index contributed by atoms with van der Waals surface area (Å²) in [6, 6.07) is 0.358. The van der Waals surface area contributed by atoms with Gasteiger partial charge in [-0.25, -0.2) is 0 Å². The molecule has 5 nitrogen and oxygen atoms in total. The van der Waals surface area contributed by atoms with E-state index >= 15 is 0 Å². The monoisotopic (exact) mass is 238 g/mol. The minimum atomic E-state index is -0.0236. The first-order valence-electron chi connectivity index (χ1n) is 5.99. The van der Waals surface area contributed by atoms with Gasteiger partial charge in [-0.15, -0.1) is 0 Å². The Balaban J connectivity index is 2.56. The summed E-state index contributed by atoms with van der Waals surface area (Å²) >= 11 is 0. The van der Waals surface area contributed by atoms with Crippen LogP contribution in [-0.4, -0.2) is 28.3 Å². The van der Waals surface area contributed by atoms with Crippen molar-refractivity contribution in [2.75, 3.05) is 11.9 Å². The molecular formula is C12H22N4O. The van der Waals surface area contributed by atoms with Crippen molar-refractivity contribution in [2.24, 2.45) is 7.05 Å². The van der Waals surface area contributed by atoms with Crippen LogP contribution in [0, 0.1) is 13.8 Å². The fourth-order valence-corrected chi connectivity index (χ4v) is 1.55. The van der Waals surface area contributed by atoms with Gasteiger partial charge in [0, 0.05) is 13.1 Å². The van der Waals surface area contributed by atoms with Crippen LogP contribution in [-0.2, 0) is 11.8 Å². The van der Waals surface area contributed by atoms with Crippen LogP contribution >= 0.6 is 0 Å². The molecule has 1 heterocycles. The van der Waals surface area contributed by atoms with Gasteiger partial charge in [-0.3, -0.25) is 9.48 Å². The Hall–Kier alpha value is -1.36. The highest BCUT2D eigenvalue weighted by molar-refractivity contribution is 5.93. The standard InChI is InChI=1S/C12H22N4O/c1-6-8(2)13-7-11(17)14-12-9(3)15-16(5)10(12)4/h8,13H,6-7H2,1-5H3,(H,14,17). The van der Waals surface area contributed by atoms with Gasteiger partial charge < -0.3 is 10.6 Å². The largest absolute Gasteiger partial charge is 0.322 e. The number of hydrogen-bond acceptors (Lipinski definition) is 3. The first kappa shape index (κ1) is 13.7. The molecule has 0 radical (unpaired) electrons. The van der Waals surface area contributed by atoms with Gasteiger partial charge in [0.15, 0.2) is 0 Å². The van der Waals surface area contributed by atoms with E-state index < -0.39 is 0 Å². The molecule has 0 fully saturated rings. The van der Waals surface area contributed by atoms with E-state index in [1.165, 1.54) is 0 Å². The summed E-state index contributed by atoms with van der Waals surface area (Å²) < 4.78 is 1.77. The molecule has 0 aliphatic rings. The first-order valence-corrected chi connectivity index (χ1v) is 5.99. The van der Waals surface area contributed by atoms with Gasteiger partial charge in [0.05, 0.1) is 23.6 Å². The molecule has 96 valence electrons. The minimum Gasteiger partial charge on any atom is -0.322 e. The summed E-state index contributed by atoms with van der Waals surface area (Å²) in [5.41, 5.74) is 2.64. The predicted molar refractivity (Wildman–Crippen MR) is 69.1 cm³/mol. The summed E-state index contributed by atoms with van der Waals surface area (Å²) in [5.74, 6) is -0.0236. The molecule has 0 aromatic carbocycles. The third kappa shape index (κ3) is 3.56. The van der Waals surface area contributed by atoms with Gasteiger partial charge in [-0.05, 0) is 27.2 Å². The summed E-state index contributed by atoms with van der Waals surface area (Å²) in [6.07, 6.45) is 1.01. The Morgan fingerprint density at radius 1 is 1.47 bits per heavy atom. The topological polar surface area (TPSA) is 59.0 Å². The maximum atomic E-state index is 11.7. The van der Waals surface area contributed by atoms with Crippen LogP contribution in [0.25, 0.3) is 0 Å². The number of aryl methyl sites for hydroxylation is 2. The van der Waals surface area contributed by atoms with Crippen molar-refractivity contribution < 1.29 is 4.79 Å². The van der Waals surface area contributed by atoms with Crippen molar-refractivity contribution in [3.05, 3.63) is 11.4 Å². The van der Waals surface area contributed by atoms with Crippen molar-refractivity contribution in [3.63, 3.8) is 0 Å². The SMILES string of the molecule is CCC(C)NCC(=O)Nc1c(C)nn(C)c1C. The lowest BCUT2D eigenvalue weighted by atomic mass is 10.2. The van der Waals surface area contributed by atoms with E-state index in [-0.39, 0.29) is 5.91 Å². The predicted octanol–water partition coefficient (Wildman–Crippen LogP) is 1.36. The average Bonchev–Trinajstić information content (AvgIpc) is 2.53. The second-order valence-electron chi connectivity index (χ2n) is 4.41. The Kier molecular flexibility index (Phi) is 4.69. The highest BCUT2D eigenvalue weighted by Gasteiger charge is 2.12. The number of amides is 1. The molecular weight excluding hydrogens is 216 g/mol. The molecule has 1 atom stereocenters. The summed E-state index contributed by atoms with van der Waals surface area (Å²) in [6.45, 7) is 8.32. The molecule has 0 aliphatic carbocycles. The molecule has 0 aliphatic heterocycles. The van der Waals surface area contributed by atoms with Crippen molar-refractivity contribution >= 4 is 11.6 Å². The Morgan fingerprint density at radius 3 is 2.59 bits per heavy atom. The molecule has 0 saturated carbocycles. The molecule has 1 aromatic heterocycles. The number of aromatic nitrogens is 2. The van der Waals surface area contributed by atoms with Gasteiger partial charge in [0.25, 0.3) is 0 Å². The van der Waals surface area contributed by atoms with Gasteiger partial charge >= 0.3 is 0 Å². The molecule has 17 heavy (non-hydrogen) atoms. The van der Waals surface area contributed by atoms with Crippen LogP contribution in [0.2, 0.25) is 0 Å². The minimum absolute atomic E-state index is 0.0236. The molecule has 5 heteroatoms. The Bertz CT molecular complexity index is 397. The second kappa shape index (κ2) is 5.82. The highest BCUT2D eigenvalue weighted by Crippen LogP contribution is 2.17. The third-order valence-electron chi connectivity index (χ3n) is 3.00. The van der Waals surface area contributed by atoms with Crippen molar-refractivity contribution in [3.8, 4) is 0 Å². The molecule has 1 amide bonds. The molecule has 0 saturated heterocycles. The van der Waals surface area contributed by atoms with Crippen LogP contribution < -0.4 is 10.6 Å². The van der Waals surface area contributed by atoms with E-state index in [0.717, 1.165) is 23.5 Å². The van der Waals surface area contributed by atoms with Gasteiger partial charge in [0.1, 0.15) is 0 Å². The Morgan fingerprint density at radius 2 is 2.12 bits per heavy atom. The first-order chi connectivity index (χ1) is 7.95. The maximum Gasteiger partial charge on any atom is 0.238 e. The normalized spacial score (nSPS) is 12.5. The number of carbonyl (C=O) groups excluding carboxylic acids is 1. The van der Waals surface area contributed by atoms with E-state index in [1.807, 2.05) is 20.9 Å². The zero-order chi connectivity index (χ0) is 13.0. The number of hydrogen-bond donors (Lipinski definition) is 2. The molecule has 1 unspecified atom stereocenters. The molecule has 1 aromatic rings. The average molecular weight is 238 g/mol. The number of nitrogens with one attached hydrogen (secondary N) is 2. The quantitative estimate of drug-likeness (QED) is 0.814. The van der Waals surface area contributed by atoms with Crippen LogP contribution in [0.1, 0.15) is 31.7 Å². The Labute approximate surface area is 103 Å². The second-order valence-corrected chi connectivity index (χ2v) is 4.41. The van der Waals surface area contributed by atoms with E-state index in [4.69, 9.17) is 0 Å². The van der Waals surface area contributed by atoms with Crippen LogP contribution in [0.4, 0.5) is 5.69 Å². The van der Waals surface area contributed by atoms with Gasteiger partial charge in [0.2, 0.25) is 5.91 Å². The number of nitrogens with zero attached hydrogens (tertiary/aromatic N) is 2. The summed E-state index contributed by atoms with van der Waals surface area (Å²) in [5, 5.41) is 10.3. The van der Waals surface area contributed by atoms with Gasteiger partial charge in [-0.2, -0.15) is 5.10 Å². The zero-order valence-corrected chi connectivity index (χ0v) is 11.3. The van der Waals surface area contributed by atoms with Crippen molar-refractivity contribution in [2.45, 2.75) is 40.2 Å². The highest BCUT2D eigenvalue weighted by atomic mass is 16.1. The number of anilines is 1. The lowest BCUT2D eigenvalue weighted by Gasteiger charge is -2.11. The van der Waals surface area contributed by atoms with Crippen LogP contribution in [0.5, 0.6) is 0 Å². The van der Waals surface area contributed by atoms with Crippen molar-refractivity contribution in [1.29, 1.82) is 0 Å². The van der Waals surface area contributed by atoms with Crippen LogP contribution in [0.15, 0.2) is 0 Å². The molecule has 0 bridgehead atoms. The van der Waals surface area contributed by atoms with Crippen molar-refractivity contribution in [1.82, 2.24) is 15.1 Å². The third-order valence-corrected chi connectivity index (χ3v) is 3.00. The van der Waals surface area contributed by atoms with E-state index in [9.17, 15) is 4.79 Å². The molecule has 1 rings (SSSR count). The van der Waals surface area contributed by atoms with Gasteiger partial charge in [-0.1, -0.05) is 6.92 Å². The number of rotatable bonds is 5. The fourth-order valence-electron chi connectivity index (χ4n) is 1.55. The fraction of sp³-hybridized carbons (Fsp3) is 0.667. The zero-order valence-electron chi connectivity index (χ0n) is 11.3. The van der Waals surface area contributed by atoms with E-state index in [2.05, 4.69) is 29.6 Å². The maximum absolute atomic E-state index is 11.7. The molecule has 2 N–H and O–H groups in total. The lowest BCUT2D eigenvalue weighted by molar-refractivity contribution is -0.115. The van der Waals surface area contributed by atoms with E-state index in [1.54, 1.807) is 4.68 Å². The van der Waals surface area contributed by atoms with E-state index in [0.29, 0.717) is 12.6 Å².